The summed E-state index contributed by atoms with van der Waals surface area (Å²) in [6.07, 6.45) is 0. The molecular formula is C23H22N2O4S. The van der Waals surface area contributed by atoms with Crippen molar-refractivity contribution in [2.45, 2.75) is 18.7 Å². The number of rotatable bonds is 4. The van der Waals surface area contributed by atoms with Gasteiger partial charge in [0.25, 0.3) is 10.1 Å². The molecule has 0 atom stereocenters. The van der Waals surface area contributed by atoms with Gasteiger partial charge in [-0.15, -0.1) is 0 Å². The van der Waals surface area contributed by atoms with Crippen LogP contribution in [0, 0.1) is 13.8 Å². The Bertz CT molecular complexity index is 1190. The molecule has 30 heavy (non-hydrogen) atoms. The average molecular weight is 423 g/mol. The Morgan fingerprint density at radius 1 is 0.867 bits per heavy atom. The lowest BCUT2D eigenvalue weighted by Crippen LogP contribution is -2.29. The Balaban J connectivity index is 2.15. The van der Waals surface area contributed by atoms with Gasteiger partial charge in [-0.2, -0.15) is 8.42 Å². The van der Waals surface area contributed by atoms with Crippen molar-refractivity contribution in [2.24, 2.45) is 0 Å². The minimum absolute atomic E-state index is 0.206. The van der Waals surface area contributed by atoms with E-state index in [2.05, 4.69) is 5.32 Å². The van der Waals surface area contributed by atoms with E-state index in [4.69, 9.17) is 0 Å². The van der Waals surface area contributed by atoms with E-state index in [1.54, 1.807) is 4.90 Å². The van der Waals surface area contributed by atoms with Crippen LogP contribution >= 0.6 is 0 Å². The molecule has 6 nitrogen and oxygen atoms in total. The summed E-state index contributed by atoms with van der Waals surface area (Å²) in [5, 5.41) is 2.82. The largest absolute Gasteiger partial charge is 0.336 e. The van der Waals surface area contributed by atoms with Crippen LogP contribution in [0.25, 0.3) is 22.3 Å². The van der Waals surface area contributed by atoms with Gasteiger partial charge >= 0.3 is 6.03 Å². The van der Waals surface area contributed by atoms with Gasteiger partial charge in [0.2, 0.25) is 0 Å². The lowest BCUT2D eigenvalue weighted by Gasteiger charge is -2.25. The second kappa shape index (κ2) is 7.59. The van der Waals surface area contributed by atoms with Crippen LogP contribution in [0.3, 0.4) is 0 Å². The van der Waals surface area contributed by atoms with Crippen LogP contribution < -0.4 is 10.2 Å². The molecule has 1 fully saturated rings. The molecule has 2 amide bonds. The predicted octanol–water partition coefficient (Wildman–Crippen LogP) is 4.41. The number of nitrogens with one attached hydrogen (secondary N) is 1. The Morgan fingerprint density at radius 3 is 1.77 bits per heavy atom. The molecule has 154 valence electrons. The van der Waals surface area contributed by atoms with E-state index in [9.17, 15) is 17.8 Å². The second-order valence-electron chi connectivity index (χ2n) is 7.36. The number of benzene rings is 3. The number of aryl methyl sites for hydroxylation is 2. The molecule has 0 bridgehead atoms. The minimum Gasteiger partial charge on any atom is -0.336 e. The first-order valence-corrected chi connectivity index (χ1v) is 11.0. The molecule has 7 heteroatoms. The fourth-order valence-electron chi connectivity index (χ4n) is 3.89. The van der Waals surface area contributed by atoms with Crippen molar-refractivity contribution in [3.63, 3.8) is 0 Å². The van der Waals surface area contributed by atoms with Gasteiger partial charge in [0.15, 0.2) is 0 Å². The third-order valence-corrected chi connectivity index (χ3v) is 6.21. The minimum atomic E-state index is -4.46. The molecule has 0 spiro atoms. The predicted molar refractivity (Wildman–Crippen MR) is 117 cm³/mol. The number of nitrogens with zero attached hydrogens (tertiary/aromatic N) is 1. The molecule has 3 aromatic carbocycles. The molecule has 2 N–H and O–H groups in total. The van der Waals surface area contributed by atoms with Crippen LogP contribution in [-0.2, 0) is 10.1 Å². The first kappa shape index (κ1) is 20.1. The highest BCUT2D eigenvalue weighted by Gasteiger charge is 2.29. The van der Waals surface area contributed by atoms with Gasteiger partial charge in [-0.05, 0) is 48.2 Å². The van der Waals surface area contributed by atoms with Crippen LogP contribution in [0.2, 0.25) is 0 Å². The Hall–Kier alpha value is -3.16. The van der Waals surface area contributed by atoms with Crippen molar-refractivity contribution in [1.29, 1.82) is 0 Å². The van der Waals surface area contributed by atoms with E-state index in [1.807, 2.05) is 62.4 Å². The summed E-state index contributed by atoms with van der Waals surface area (Å²) in [7, 11) is -4.46. The van der Waals surface area contributed by atoms with Crippen molar-refractivity contribution < 1.29 is 17.8 Å². The maximum atomic E-state index is 12.6. The molecule has 1 saturated heterocycles. The van der Waals surface area contributed by atoms with E-state index in [1.165, 1.54) is 12.1 Å². The Morgan fingerprint density at radius 2 is 1.37 bits per heavy atom. The zero-order valence-electron chi connectivity index (χ0n) is 16.7. The highest BCUT2D eigenvalue weighted by atomic mass is 32.2. The highest BCUT2D eigenvalue weighted by molar-refractivity contribution is 7.85. The molecule has 0 saturated carbocycles. The summed E-state index contributed by atoms with van der Waals surface area (Å²) in [6.45, 7) is 4.81. The summed E-state index contributed by atoms with van der Waals surface area (Å²) < 4.78 is 34.1. The number of amides is 2. The molecule has 0 aliphatic carbocycles. The monoisotopic (exact) mass is 422 g/mol. The number of anilines is 1. The van der Waals surface area contributed by atoms with Crippen molar-refractivity contribution in [3.05, 3.63) is 71.8 Å². The molecule has 4 rings (SSSR count). The number of hydrogen-bond donors (Lipinski definition) is 2. The van der Waals surface area contributed by atoms with E-state index >= 15 is 0 Å². The summed E-state index contributed by atoms with van der Waals surface area (Å²) in [5.74, 6) is 0. The molecule has 1 aliphatic heterocycles. The average Bonchev–Trinajstić information content (AvgIpc) is 3.12. The number of carbonyl (C=O) groups excluding carboxylic acids is 1. The zero-order valence-corrected chi connectivity index (χ0v) is 17.5. The molecule has 0 aromatic heterocycles. The topological polar surface area (TPSA) is 86.7 Å². The van der Waals surface area contributed by atoms with E-state index in [0.29, 0.717) is 29.9 Å². The molecule has 1 aliphatic rings. The first-order valence-electron chi connectivity index (χ1n) is 9.60. The third-order valence-electron chi connectivity index (χ3n) is 5.38. The quantitative estimate of drug-likeness (QED) is 0.610. The van der Waals surface area contributed by atoms with Crippen LogP contribution in [0.4, 0.5) is 10.5 Å². The van der Waals surface area contributed by atoms with Gasteiger partial charge in [0.05, 0.1) is 10.6 Å². The van der Waals surface area contributed by atoms with Crippen LogP contribution in [-0.4, -0.2) is 32.1 Å². The van der Waals surface area contributed by atoms with Crippen molar-refractivity contribution >= 4 is 21.8 Å². The fraction of sp³-hybridized carbons (Fsp3) is 0.174. The lowest BCUT2D eigenvalue weighted by molar-refractivity contribution is 0.252. The van der Waals surface area contributed by atoms with Gasteiger partial charge in [-0.25, -0.2) is 4.79 Å². The number of hydrogen-bond acceptors (Lipinski definition) is 3. The standard InChI is InChI=1S/C23H22N2O4S/c1-15-7-3-5-9-18(15)20-13-17(30(27,28)29)14-21(19-10-6-4-8-16(19)2)22(20)25-12-11-24-23(25)26/h3-10,13-14H,11-12H2,1-2H3,(H,24,26)(H,27,28,29). The zero-order chi connectivity index (χ0) is 21.5. The van der Waals surface area contributed by atoms with Gasteiger partial charge in [-0.3, -0.25) is 9.45 Å². The van der Waals surface area contributed by atoms with Gasteiger partial charge in [-0.1, -0.05) is 48.5 Å². The fourth-order valence-corrected chi connectivity index (χ4v) is 4.43. The number of carbonyl (C=O) groups is 1. The maximum absolute atomic E-state index is 12.6. The summed E-state index contributed by atoms with van der Waals surface area (Å²) in [6, 6.07) is 17.8. The van der Waals surface area contributed by atoms with Gasteiger partial charge in [0, 0.05) is 24.2 Å². The van der Waals surface area contributed by atoms with Crippen LogP contribution in [0.1, 0.15) is 11.1 Å². The lowest BCUT2D eigenvalue weighted by atomic mass is 9.91. The SMILES string of the molecule is Cc1ccccc1-c1cc(S(=O)(=O)O)cc(-c2ccccc2C)c1N1CCNC1=O. The van der Waals surface area contributed by atoms with Crippen molar-refractivity contribution in [1.82, 2.24) is 5.32 Å². The normalized spacial score (nSPS) is 14.1. The second-order valence-corrected chi connectivity index (χ2v) is 8.78. The van der Waals surface area contributed by atoms with Crippen LogP contribution in [0.5, 0.6) is 0 Å². The first-order chi connectivity index (χ1) is 14.3. The van der Waals surface area contributed by atoms with Crippen molar-refractivity contribution in [2.75, 3.05) is 18.0 Å². The van der Waals surface area contributed by atoms with Crippen molar-refractivity contribution in [3.8, 4) is 22.3 Å². The molecule has 3 aromatic rings. The maximum Gasteiger partial charge on any atom is 0.322 e. The van der Waals surface area contributed by atoms with Gasteiger partial charge < -0.3 is 5.32 Å². The summed E-state index contributed by atoms with van der Waals surface area (Å²) in [5.41, 5.74) is 5.25. The third kappa shape index (κ3) is 3.58. The molecule has 1 heterocycles. The molecule has 0 radical (unpaired) electrons. The van der Waals surface area contributed by atoms with Gasteiger partial charge in [0.1, 0.15) is 0 Å². The van der Waals surface area contributed by atoms with Crippen LogP contribution in [0.15, 0.2) is 65.6 Å². The van der Waals surface area contributed by atoms with E-state index in [-0.39, 0.29) is 10.9 Å². The molecular weight excluding hydrogens is 400 g/mol. The summed E-state index contributed by atoms with van der Waals surface area (Å²) >= 11 is 0. The number of urea groups is 1. The molecule has 0 unspecified atom stereocenters. The van der Waals surface area contributed by atoms with E-state index < -0.39 is 10.1 Å². The Kier molecular flexibility index (Phi) is 5.09. The highest BCUT2D eigenvalue weighted by Crippen LogP contribution is 2.44. The smallest absolute Gasteiger partial charge is 0.322 e. The Labute approximate surface area is 175 Å². The van der Waals surface area contributed by atoms with E-state index in [0.717, 1.165) is 22.3 Å². The summed E-state index contributed by atoms with van der Waals surface area (Å²) in [4.78, 5) is 14.1.